The molecule has 1 heterocycles. The maximum atomic E-state index is 5.22. The third-order valence-corrected chi connectivity index (χ3v) is 5.04. The highest BCUT2D eigenvalue weighted by molar-refractivity contribution is 7.15. The van der Waals surface area contributed by atoms with Crippen LogP contribution in [0.2, 0.25) is 0 Å². The first-order valence-electron chi connectivity index (χ1n) is 7.45. The molecule has 0 aliphatic rings. The molecule has 0 atom stereocenters. The molecule has 22 heavy (non-hydrogen) atoms. The Balaban J connectivity index is 1.82. The van der Waals surface area contributed by atoms with Crippen molar-refractivity contribution < 1.29 is 4.74 Å². The second-order valence-electron chi connectivity index (χ2n) is 5.60. The summed E-state index contributed by atoms with van der Waals surface area (Å²) < 4.78 is 5.22. The zero-order chi connectivity index (χ0) is 15.5. The molecule has 112 valence electrons. The van der Waals surface area contributed by atoms with Crippen LogP contribution in [0, 0.1) is 13.8 Å². The molecular weight excluding hydrogens is 288 g/mol. The minimum absolute atomic E-state index is 0.899. The number of ether oxygens (including phenoxy) is 1. The van der Waals surface area contributed by atoms with Gasteiger partial charge in [-0.25, -0.2) is 0 Å². The highest BCUT2D eigenvalue weighted by Gasteiger charge is 2.06. The van der Waals surface area contributed by atoms with Gasteiger partial charge in [0, 0.05) is 16.2 Å². The van der Waals surface area contributed by atoms with E-state index in [0.29, 0.717) is 0 Å². The van der Waals surface area contributed by atoms with Crippen LogP contribution in [-0.2, 0) is 6.42 Å². The summed E-state index contributed by atoms with van der Waals surface area (Å²) in [6, 6.07) is 19.4. The minimum Gasteiger partial charge on any atom is -0.497 e. The zero-order valence-corrected chi connectivity index (χ0v) is 14.0. The van der Waals surface area contributed by atoms with Crippen molar-refractivity contribution in [1.29, 1.82) is 0 Å². The maximum absolute atomic E-state index is 5.22. The Morgan fingerprint density at radius 3 is 2.41 bits per heavy atom. The van der Waals surface area contributed by atoms with Gasteiger partial charge in [-0.05, 0) is 66.9 Å². The van der Waals surface area contributed by atoms with E-state index in [1.807, 2.05) is 23.5 Å². The predicted octanol–water partition coefficient (Wildman–Crippen LogP) is 5.63. The van der Waals surface area contributed by atoms with E-state index < -0.39 is 0 Å². The van der Waals surface area contributed by atoms with E-state index in [0.717, 1.165) is 12.2 Å². The molecule has 2 heteroatoms. The number of hydrogen-bond acceptors (Lipinski definition) is 2. The van der Waals surface area contributed by atoms with E-state index in [9.17, 15) is 0 Å². The van der Waals surface area contributed by atoms with Crippen LogP contribution in [0.4, 0.5) is 0 Å². The van der Waals surface area contributed by atoms with Gasteiger partial charge in [0.15, 0.2) is 0 Å². The maximum Gasteiger partial charge on any atom is 0.118 e. The molecule has 0 fully saturated rings. The van der Waals surface area contributed by atoms with Gasteiger partial charge >= 0.3 is 0 Å². The lowest BCUT2D eigenvalue weighted by Gasteiger charge is -2.05. The van der Waals surface area contributed by atoms with Crippen LogP contribution in [-0.4, -0.2) is 7.11 Å². The number of benzene rings is 2. The van der Waals surface area contributed by atoms with E-state index >= 15 is 0 Å². The lowest BCUT2D eigenvalue weighted by Crippen LogP contribution is -1.90. The first-order chi connectivity index (χ1) is 10.7. The van der Waals surface area contributed by atoms with Gasteiger partial charge < -0.3 is 4.74 Å². The Bertz CT molecular complexity index is 769. The Morgan fingerprint density at radius 1 is 0.909 bits per heavy atom. The first kappa shape index (κ1) is 14.9. The van der Waals surface area contributed by atoms with Crippen LogP contribution in [0.25, 0.3) is 10.4 Å². The van der Waals surface area contributed by atoms with Crippen LogP contribution in [0.5, 0.6) is 5.75 Å². The summed E-state index contributed by atoms with van der Waals surface area (Å²) in [5.74, 6) is 0.899. The largest absolute Gasteiger partial charge is 0.497 e. The van der Waals surface area contributed by atoms with Gasteiger partial charge in [-0.2, -0.15) is 0 Å². The summed E-state index contributed by atoms with van der Waals surface area (Å²) >= 11 is 1.87. The van der Waals surface area contributed by atoms with Gasteiger partial charge in [-0.1, -0.05) is 23.8 Å². The van der Waals surface area contributed by atoms with Crippen molar-refractivity contribution in [3.8, 4) is 16.2 Å². The number of thiophene rings is 1. The third-order valence-electron chi connectivity index (χ3n) is 3.91. The molecule has 3 aromatic rings. The lowest BCUT2D eigenvalue weighted by molar-refractivity contribution is 0.415. The second-order valence-corrected chi connectivity index (χ2v) is 6.77. The van der Waals surface area contributed by atoms with Crippen molar-refractivity contribution in [3.63, 3.8) is 0 Å². The minimum atomic E-state index is 0.899. The summed E-state index contributed by atoms with van der Waals surface area (Å²) in [7, 11) is 1.70. The van der Waals surface area contributed by atoms with Gasteiger partial charge in [0.05, 0.1) is 7.11 Å². The highest BCUT2D eigenvalue weighted by atomic mass is 32.1. The van der Waals surface area contributed by atoms with E-state index in [2.05, 4.69) is 56.3 Å². The normalized spacial score (nSPS) is 10.7. The molecule has 3 rings (SSSR count). The molecule has 0 N–H and O–H groups in total. The fourth-order valence-corrected chi connectivity index (χ4v) is 3.60. The lowest BCUT2D eigenvalue weighted by atomic mass is 10.0. The van der Waals surface area contributed by atoms with Crippen molar-refractivity contribution in [2.75, 3.05) is 7.11 Å². The standard InChI is InChI=1S/C20H20OS/c1-14-4-5-15(2)17(12-14)13-19-10-11-20(22-19)16-6-8-18(21-3)9-7-16/h4-12H,13H2,1-3H3. The molecule has 0 aliphatic carbocycles. The summed E-state index contributed by atoms with van der Waals surface area (Å²) in [5.41, 5.74) is 5.36. The molecule has 0 saturated heterocycles. The molecule has 0 aliphatic heterocycles. The molecule has 1 nitrogen and oxygen atoms in total. The van der Waals surface area contributed by atoms with Gasteiger partial charge in [0.1, 0.15) is 5.75 Å². The molecule has 0 radical (unpaired) electrons. The summed E-state index contributed by atoms with van der Waals surface area (Å²) in [6.07, 6.45) is 1.01. The molecular formula is C20H20OS. The summed E-state index contributed by atoms with van der Waals surface area (Å²) in [6.45, 7) is 4.34. The Labute approximate surface area is 136 Å². The smallest absolute Gasteiger partial charge is 0.118 e. The van der Waals surface area contributed by atoms with Gasteiger partial charge in [-0.3, -0.25) is 0 Å². The fraction of sp³-hybridized carbons (Fsp3) is 0.200. The van der Waals surface area contributed by atoms with Crippen molar-refractivity contribution >= 4 is 11.3 Å². The van der Waals surface area contributed by atoms with Crippen LogP contribution < -0.4 is 4.74 Å². The van der Waals surface area contributed by atoms with Gasteiger partial charge in [0.2, 0.25) is 0 Å². The van der Waals surface area contributed by atoms with E-state index in [-0.39, 0.29) is 0 Å². The molecule has 1 aromatic heterocycles. The number of methoxy groups -OCH3 is 1. The molecule has 0 saturated carbocycles. The summed E-state index contributed by atoms with van der Waals surface area (Å²) in [4.78, 5) is 2.71. The van der Waals surface area contributed by atoms with E-state index in [1.54, 1.807) is 7.11 Å². The van der Waals surface area contributed by atoms with Crippen molar-refractivity contribution in [1.82, 2.24) is 0 Å². The Morgan fingerprint density at radius 2 is 1.68 bits per heavy atom. The highest BCUT2D eigenvalue weighted by Crippen LogP contribution is 2.31. The average molecular weight is 308 g/mol. The first-order valence-corrected chi connectivity index (χ1v) is 8.26. The molecule has 0 amide bonds. The second kappa shape index (κ2) is 6.37. The average Bonchev–Trinajstić information content (AvgIpc) is 2.99. The molecule has 0 bridgehead atoms. The van der Waals surface area contributed by atoms with Crippen molar-refractivity contribution in [3.05, 3.63) is 76.2 Å². The Hall–Kier alpha value is -2.06. The van der Waals surface area contributed by atoms with Crippen LogP contribution in [0.15, 0.2) is 54.6 Å². The zero-order valence-electron chi connectivity index (χ0n) is 13.2. The van der Waals surface area contributed by atoms with Crippen LogP contribution >= 0.6 is 11.3 Å². The van der Waals surface area contributed by atoms with Gasteiger partial charge in [0.25, 0.3) is 0 Å². The number of hydrogen-bond donors (Lipinski definition) is 0. The van der Waals surface area contributed by atoms with E-state index in [4.69, 9.17) is 4.74 Å². The monoisotopic (exact) mass is 308 g/mol. The molecule has 0 spiro atoms. The van der Waals surface area contributed by atoms with Gasteiger partial charge in [-0.15, -0.1) is 11.3 Å². The number of aryl methyl sites for hydroxylation is 2. The van der Waals surface area contributed by atoms with Crippen LogP contribution in [0.1, 0.15) is 21.6 Å². The Kier molecular flexibility index (Phi) is 4.30. The summed E-state index contributed by atoms with van der Waals surface area (Å²) in [5, 5.41) is 0. The van der Waals surface area contributed by atoms with Crippen LogP contribution in [0.3, 0.4) is 0 Å². The van der Waals surface area contributed by atoms with Crippen molar-refractivity contribution in [2.45, 2.75) is 20.3 Å². The quantitative estimate of drug-likeness (QED) is 0.607. The fourth-order valence-electron chi connectivity index (χ4n) is 2.56. The third kappa shape index (κ3) is 3.23. The SMILES string of the molecule is COc1ccc(-c2ccc(Cc3cc(C)ccc3C)s2)cc1. The predicted molar refractivity (Wildman–Crippen MR) is 95.0 cm³/mol. The van der Waals surface area contributed by atoms with E-state index in [1.165, 1.54) is 32.0 Å². The number of rotatable bonds is 4. The molecule has 0 unspecified atom stereocenters. The molecule has 2 aromatic carbocycles. The topological polar surface area (TPSA) is 9.23 Å². The van der Waals surface area contributed by atoms with Crippen molar-refractivity contribution in [2.24, 2.45) is 0 Å².